The van der Waals surface area contributed by atoms with Crippen LogP contribution in [0, 0.1) is 5.82 Å². The predicted molar refractivity (Wildman–Crippen MR) is 80.7 cm³/mol. The minimum absolute atomic E-state index is 0.195. The Bertz CT molecular complexity index is 663. The normalized spacial score (nSPS) is 11.3. The Kier molecular flexibility index (Phi) is 5.25. The third-order valence-electron chi connectivity index (χ3n) is 2.94. The first-order valence-corrected chi connectivity index (χ1v) is 6.85. The van der Waals surface area contributed by atoms with E-state index in [-0.39, 0.29) is 12.4 Å². The maximum atomic E-state index is 12.8. The zero-order valence-corrected chi connectivity index (χ0v) is 12.1. The zero-order valence-electron chi connectivity index (χ0n) is 12.1. The third-order valence-corrected chi connectivity index (χ3v) is 2.94. The molecule has 1 aromatic heterocycles. The summed E-state index contributed by atoms with van der Waals surface area (Å²) in [4.78, 5) is 15.4. The average molecular weight is 301 g/mol. The summed E-state index contributed by atoms with van der Waals surface area (Å²) < 4.78 is 17.5. The number of nitrogens with zero attached hydrogens (tertiary/aromatic N) is 1. The minimum Gasteiger partial charge on any atom is -0.502 e. The van der Waals surface area contributed by atoms with E-state index in [1.54, 1.807) is 31.3 Å². The Hall–Kier alpha value is -2.69. The van der Waals surface area contributed by atoms with E-state index in [1.807, 2.05) is 6.07 Å². The van der Waals surface area contributed by atoms with Crippen molar-refractivity contribution in [1.29, 1.82) is 0 Å². The van der Waals surface area contributed by atoms with E-state index in [1.165, 1.54) is 18.2 Å². The van der Waals surface area contributed by atoms with Gasteiger partial charge in [-0.05, 0) is 42.7 Å². The van der Waals surface area contributed by atoms with Crippen LogP contribution in [0.15, 0.2) is 48.4 Å². The SMILES string of the molecule is CCOC(=O)/C(O)=C/c1ccc(Cc2ccc(F)cc2)cn1. The molecule has 1 aromatic carbocycles. The summed E-state index contributed by atoms with van der Waals surface area (Å²) in [6.07, 6.45) is 3.52. The molecule has 0 fully saturated rings. The van der Waals surface area contributed by atoms with Crippen molar-refractivity contribution in [3.05, 3.63) is 71.0 Å². The van der Waals surface area contributed by atoms with Crippen LogP contribution in [0.2, 0.25) is 0 Å². The van der Waals surface area contributed by atoms with Crippen molar-refractivity contribution in [1.82, 2.24) is 4.98 Å². The van der Waals surface area contributed by atoms with Gasteiger partial charge in [-0.1, -0.05) is 18.2 Å². The van der Waals surface area contributed by atoms with Crippen LogP contribution in [0.3, 0.4) is 0 Å². The molecule has 0 aliphatic carbocycles. The van der Waals surface area contributed by atoms with Crippen molar-refractivity contribution in [3.8, 4) is 0 Å². The molecule has 1 heterocycles. The maximum absolute atomic E-state index is 12.8. The fourth-order valence-corrected chi connectivity index (χ4v) is 1.87. The fraction of sp³-hybridized carbons (Fsp3) is 0.176. The lowest BCUT2D eigenvalue weighted by Crippen LogP contribution is -2.06. The van der Waals surface area contributed by atoms with Crippen molar-refractivity contribution in [2.45, 2.75) is 13.3 Å². The molecule has 0 spiro atoms. The van der Waals surface area contributed by atoms with Crippen molar-refractivity contribution >= 4 is 12.0 Å². The number of aliphatic hydroxyl groups is 1. The lowest BCUT2D eigenvalue weighted by Gasteiger charge is -2.03. The highest BCUT2D eigenvalue weighted by Crippen LogP contribution is 2.11. The molecule has 0 aliphatic rings. The van der Waals surface area contributed by atoms with Crippen LogP contribution in [-0.4, -0.2) is 22.7 Å². The fourth-order valence-electron chi connectivity index (χ4n) is 1.87. The number of ether oxygens (including phenoxy) is 1. The Morgan fingerprint density at radius 3 is 2.50 bits per heavy atom. The molecule has 0 bridgehead atoms. The number of rotatable bonds is 5. The summed E-state index contributed by atoms with van der Waals surface area (Å²) >= 11 is 0. The van der Waals surface area contributed by atoms with Crippen molar-refractivity contribution in [2.75, 3.05) is 6.61 Å². The van der Waals surface area contributed by atoms with Crippen molar-refractivity contribution < 1.29 is 19.0 Å². The topological polar surface area (TPSA) is 59.4 Å². The second-order valence-corrected chi connectivity index (χ2v) is 4.64. The van der Waals surface area contributed by atoms with Crippen LogP contribution < -0.4 is 0 Å². The number of hydrogen-bond donors (Lipinski definition) is 1. The van der Waals surface area contributed by atoms with Crippen LogP contribution in [0.25, 0.3) is 6.08 Å². The first-order chi connectivity index (χ1) is 10.6. The average Bonchev–Trinajstić information content (AvgIpc) is 2.51. The van der Waals surface area contributed by atoms with Gasteiger partial charge in [-0.3, -0.25) is 4.98 Å². The van der Waals surface area contributed by atoms with Crippen molar-refractivity contribution in [3.63, 3.8) is 0 Å². The number of carbonyl (C=O) groups is 1. The number of hydrogen-bond acceptors (Lipinski definition) is 4. The molecule has 2 aromatic rings. The summed E-state index contributed by atoms with van der Waals surface area (Å²) in [5, 5.41) is 9.54. The van der Waals surface area contributed by atoms with E-state index in [2.05, 4.69) is 9.72 Å². The molecule has 5 heteroatoms. The molecule has 22 heavy (non-hydrogen) atoms. The third kappa shape index (κ3) is 4.41. The summed E-state index contributed by atoms with van der Waals surface area (Å²) in [5.74, 6) is -1.53. The van der Waals surface area contributed by atoms with E-state index in [4.69, 9.17) is 0 Å². The van der Waals surface area contributed by atoms with Gasteiger partial charge < -0.3 is 9.84 Å². The van der Waals surface area contributed by atoms with Crippen molar-refractivity contribution in [2.24, 2.45) is 0 Å². The molecule has 4 nitrogen and oxygen atoms in total. The largest absolute Gasteiger partial charge is 0.502 e. The number of benzene rings is 1. The molecule has 0 amide bonds. The number of aliphatic hydroxyl groups excluding tert-OH is 1. The molecule has 2 rings (SSSR count). The Morgan fingerprint density at radius 1 is 1.23 bits per heavy atom. The summed E-state index contributed by atoms with van der Waals surface area (Å²) in [7, 11) is 0. The van der Waals surface area contributed by atoms with Gasteiger partial charge in [0, 0.05) is 12.3 Å². The van der Waals surface area contributed by atoms with Crippen LogP contribution in [-0.2, 0) is 16.0 Å². The highest BCUT2D eigenvalue weighted by Gasteiger charge is 2.08. The van der Waals surface area contributed by atoms with E-state index >= 15 is 0 Å². The number of halogens is 1. The second kappa shape index (κ2) is 7.36. The molecule has 0 saturated heterocycles. The van der Waals surface area contributed by atoms with Gasteiger partial charge in [-0.25, -0.2) is 9.18 Å². The molecular weight excluding hydrogens is 285 g/mol. The van der Waals surface area contributed by atoms with Gasteiger partial charge >= 0.3 is 5.97 Å². The molecule has 0 saturated carbocycles. The quantitative estimate of drug-likeness (QED) is 0.523. The van der Waals surface area contributed by atoms with Gasteiger partial charge in [-0.15, -0.1) is 0 Å². The van der Waals surface area contributed by atoms with Gasteiger partial charge in [0.05, 0.1) is 12.3 Å². The Balaban J connectivity index is 2.05. The van der Waals surface area contributed by atoms with Gasteiger partial charge in [0.2, 0.25) is 5.76 Å². The number of carbonyl (C=O) groups excluding carboxylic acids is 1. The zero-order chi connectivity index (χ0) is 15.9. The monoisotopic (exact) mass is 301 g/mol. The van der Waals surface area contributed by atoms with E-state index in [0.717, 1.165) is 11.1 Å². The smallest absolute Gasteiger partial charge is 0.373 e. The minimum atomic E-state index is -0.778. The Labute approximate surface area is 127 Å². The predicted octanol–water partition coefficient (Wildman–Crippen LogP) is 3.27. The van der Waals surface area contributed by atoms with Gasteiger partial charge in [0.1, 0.15) is 5.82 Å². The molecule has 1 N–H and O–H groups in total. The van der Waals surface area contributed by atoms with Gasteiger partial charge in [-0.2, -0.15) is 0 Å². The van der Waals surface area contributed by atoms with E-state index in [9.17, 15) is 14.3 Å². The van der Waals surface area contributed by atoms with Crippen LogP contribution in [0.4, 0.5) is 4.39 Å². The number of esters is 1. The van der Waals surface area contributed by atoms with Crippen LogP contribution >= 0.6 is 0 Å². The standard InChI is InChI=1S/C17H16FNO3/c1-2-22-17(21)16(20)10-15-8-5-13(11-19-15)9-12-3-6-14(18)7-4-12/h3-8,10-11,20H,2,9H2,1H3/b16-10-. The van der Waals surface area contributed by atoms with E-state index in [0.29, 0.717) is 12.1 Å². The first-order valence-electron chi connectivity index (χ1n) is 6.85. The summed E-state index contributed by atoms with van der Waals surface area (Å²) in [6, 6.07) is 9.79. The molecule has 0 atom stereocenters. The summed E-state index contributed by atoms with van der Waals surface area (Å²) in [5.41, 5.74) is 2.37. The molecule has 0 unspecified atom stereocenters. The highest BCUT2D eigenvalue weighted by molar-refractivity contribution is 5.90. The van der Waals surface area contributed by atoms with Gasteiger partial charge in [0.25, 0.3) is 0 Å². The lowest BCUT2D eigenvalue weighted by molar-refractivity contribution is -0.141. The maximum Gasteiger partial charge on any atom is 0.373 e. The van der Waals surface area contributed by atoms with Crippen LogP contribution in [0.5, 0.6) is 0 Å². The number of aromatic nitrogens is 1. The van der Waals surface area contributed by atoms with Crippen LogP contribution in [0.1, 0.15) is 23.7 Å². The molecule has 0 aliphatic heterocycles. The Morgan fingerprint density at radius 2 is 1.91 bits per heavy atom. The molecular formula is C17H16FNO3. The van der Waals surface area contributed by atoms with E-state index < -0.39 is 11.7 Å². The summed E-state index contributed by atoms with van der Waals surface area (Å²) in [6.45, 7) is 1.86. The lowest BCUT2D eigenvalue weighted by atomic mass is 10.1. The van der Waals surface area contributed by atoms with Gasteiger partial charge in [0.15, 0.2) is 0 Å². The number of pyridine rings is 1. The highest BCUT2D eigenvalue weighted by atomic mass is 19.1. The molecule has 0 radical (unpaired) electrons. The second-order valence-electron chi connectivity index (χ2n) is 4.64. The molecule has 114 valence electrons. The first kappa shape index (κ1) is 15.7.